The molecule has 3 atom stereocenters. The van der Waals surface area contributed by atoms with Crippen LogP contribution in [0.15, 0.2) is 0 Å². The summed E-state index contributed by atoms with van der Waals surface area (Å²) in [5.74, 6) is -1.42. The van der Waals surface area contributed by atoms with Crippen molar-refractivity contribution >= 4 is 11.9 Å². The molecule has 1 saturated heterocycles. The first-order chi connectivity index (χ1) is 7.49. The fourth-order valence-corrected chi connectivity index (χ4v) is 1.51. The van der Waals surface area contributed by atoms with Crippen LogP contribution in [0.1, 0.15) is 19.3 Å². The Morgan fingerprint density at radius 2 is 2.12 bits per heavy atom. The minimum atomic E-state index is -0.985. The minimum absolute atomic E-state index is 0.0410. The van der Waals surface area contributed by atoms with Gasteiger partial charge in [0.15, 0.2) is 0 Å². The molecule has 5 N–H and O–H groups in total. The predicted octanol–water partition coefficient (Wildman–Crippen LogP) is -1.60. The molecule has 7 nitrogen and oxygen atoms in total. The highest BCUT2D eigenvalue weighted by Gasteiger charge is 2.30. The summed E-state index contributed by atoms with van der Waals surface area (Å²) in [4.78, 5) is 21.7. The standard InChI is InChI=1S/C9H16N2O5/c10-7-4-5(12)3-6(16-7)9(15)11-2-1-8(13)14/h5-7,12H,1-4,10H2,(H,11,15)(H,13,14)/t5-,6-,7+/m0/s1. The molecule has 1 amide bonds. The number of nitrogens with two attached hydrogens (primary N) is 1. The number of hydrogen-bond acceptors (Lipinski definition) is 5. The van der Waals surface area contributed by atoms with Crippen molar-refractivity contribution in [1.82, 2.24) is 5.32 Å². The van der Waals surface area contributed by atoms with Crippen LogP contribution in [0.4, 0.5) is 0 Å². The van der Waals surface area contributed by atoms with Crippen LogP contribution in [0.5, 0.6) is 0 Å². The third kappa shape index (κ3) is 4.13. The van der Waals surface area contributed by atoms with Gasteiger partial charge < -0.3 is 26.0 Å². The third-order valence-corrected chi connectivity index (χ3v) is 2.26. The van der Waals surface area contributed by atoms with Gasteiger partial charge in [-0.2, -0.15) is 0 Å². The topological polar surface area (TPSA) is 122 Å². The maximum atomic E-state index is 11.5. The van der Waals surface area contributed by atoms with Crippen molar-refractivity contribution in [3.8, 4) is 0 Å². The Kier molecular flexibility index (Phi) is 4.66. The van der Waals surface area contributed by atoms with Crippen LogP contribution in [0.3, 0.4) is 0 Å². The van der Waals surface area contributed by atoms with Gasteiger partial charge in [0.25, 0.3) is 0 Å². The molecule has 0 bridgehead atoms. The lowest BCUT2D eigenvalue weighted by Crippen LogP contribution is -2.48. The van der Waals surface area contributed by atoms with Crippen LogP contribution >= 0.6 is 0 Å². The van der Waals surface area contributed by atoms with Gasteiger partial charge in [-0.25, -0.2) is 0 Å². The number of amides is 1. The molecule has 7 heteroatoms. The van der Waals surface area contributed by atoms with E-state index in [0.29, 0.717) is 6.42 Å². The minimum Gasteiger partial charge on any atom is -0.481 e. The van der Waals surface area contributed by atoms with Gasteiger partial charge in [0.2, 0.25) is 5.91 Å². The van der Waals surface area contributed by atoms with Gasteiger partial charge in [0, 0.05) is 19.4 Å². The number of rotatable bonds is 4. The molecule has 0 saturated carbocycles. The maximum Gasteiger partial charge on any atom is 0.305 e. The van der Waals surface area contributed by atoms with Crippen LogP contribution in [-0.2, 0) is 14.3 Å². The second-order valence-corrected chi connectivity index (χ2v) is 3.72. The van der Waals surface area contributed by atoms with E-state index in [-0.39, 0.29) is 19.4 Å². The molecule has 0 aromatic heterocycles. The van der Waals surface area contributed by atoms with Gasteiger partial charge in [0.05, 0.1) is 12.5 Å². The summed E-state index contributed by atoms with van der Waals surface area (Å²) in [7, 11) is 0. The molecule has 16 heavy (non-hydrogen) atoms. The summed E-state index contributed by atoms with van der Waals surface area (Å²) < 4.78 is 5.13. The van der Waals surface area contributed by atoms with E-state index in [0.717, 1.165) is 0 Å². The molecular weight excluding hydrogens is 216 g/mol. The van der Waals surface area contributed by atoms with Crippen molar-refractivity contribution in [2.75, 3.05) is 6.54 Å². The SMILES string of the molecule is N[C@H]1C[C@@H](O)C[C@@H](C(=O)NCCC(=O)O)O1. The molecule has 0 radical (unpaired) electrons. The van der Waals surface area contributed by atoms with Gasteiger partial charge in [0.1, 0.15) is 12.3 Å². The molecule has 0 spiro atoms. The first kappa shape index (κ1) is 12.9. The molecule has 1 rings (SSSR count). The normalized spacial score (nSPS) is 29.8. The van der Waals surface area contributed by atoms with E-state index in [9.17, 15) is 14.7 Å². The van der Waals surface area contributed by atoms with Crippen LogP contribution in [-0.4, -0.2) is 47.1 Å². The number of carbonyl (C=O) groups excluding carboxylic acids is 1. The lowest BCUT2D eigenvalue weighted by molar-refractivity contribution is -0.149. The van der Waals surface area contributed by atoms with Crippen molar-refractivity contribution in [3.05, 3.63) is 0 Å². The zero-order chi connectivity index (χ0) is 12.1. The summed E-state index contributed by atoms with van der Waals surface area (Å²) in [5.41, 5.74) is 5.47. The number of carboxylic acid groups (broad SMARTS) is 1. The summed E-state index contributed by atoms with van der Waals surface area (Å²) in [5, 5.41) is 20.2. The van der Waals surface area contributed by atoms with Crippen LogP contribution in [0, 0.1) is 0 Å². The van der Waals surface area contributed by atoms with Crippen molar-refractivity contribution in [2.24, 2.45) is 5.73 Å². The predicted molar refractivity (Wildman–Crippen MR) is 53.4 cm³/mol. The Hall–Kier alpha value is -1.18. The molecule has 92 valence electrons. The summed E-state index contributed by atoms with van der Waals surface area (Å²) in [6, 6.07) is 0. The highest BCUT2D eigenvalue weighted by molar-refractivity contribution is 5.81. The van der Waals surface area contributed by atoms with Gasteiger partial charge in [-0.3, -0.25) is 9.59 Å². The van der Waals surface area contributed by atoms with E-state index in [4.69, 9.17) is 15.6 Å². The van der Waals surface area contributed by atoms with E-state index in [1.165, 1.54) is 0 Å². The molecule has 0 aromatic rings. The van der Waals surface area contributed by atoms with E-state index in [1.807, 2.05) is 0 Å². The largest absolute Gasteiger partial charge is 0.481 e. The van der Waals surface area contributed by atoms with Crippen molar-refractivity contribution < 1.29 is 24.5 Å². The first-order valence-electron chi connectivity index (χ1n) is 5.07. The number of carboxylic acids is 1. The number of nitrogens with one attached hydrogen (secondary N) is 1. The molecular formula is C9H16N2O5. The Morgan fingerprint density at radius 1 is 1.44 bits per heavy atom. The molecule has 1 aliphatic rings. The zero-order valence-corrected chi connectivity index (χ0v) is 8.76. The highest BCUT2D eigenvalue weighted by Crippen LogP contribution is 2.16. The number of aliphatic carboxylic acids is 1. The zero-order valence-electron chi connectivity index (χ0n) is 8.76. The number of ether oxygens (including phenoxy) is 1. The quantitative estimate of drug-likeness (QED) is 0.463. The molecule has 1 heterocycles. The Bertz CT molecular complexity index is 261. The van der Waals surface area contributed by atoms with E-state index < -0.39 is 30.3 Å². The van der Waals surface area contributed by atoms with Gasteiger partial charge in [-0.05, 0) is 0 Å². The molecule has 1 fully saturated rings. The summed E-state index contributed by atoms with van der Waals surface area (Å²) >= 11 is 0. The molecule has 0 unspecified atom stereocenters. The number of hydrogen-bond donors (Lipinski definition) is 4. The van der Waals surface area contributed by atoms with Crippen molar-refractivity contribution in [1.29, 1.82) is 0 Å². The van der Waals surface area contributed by atoms with Gasteiger partial charge >= 0.3 is 5.97 Å². The van der Waals surface area contributed by atoms with E-state index in [2.05, 4.69) is 5.32 Å². The third-order valence-electron chi connectivity index (χ3n) is 2.26. The second kappa shape index (κ2) is 5.78. The van der Waals surface area contributed by atoms with Crippen molar-refractivity contribution in [2.45, 2.75) is 37.7 Å². The lowest BCUT2D eigenvalue weighted by Gasteiger charge is -2.30. The highest BCUT2D eigenvalue weighted by atomic mass is 16.5. The van der Waals surface area contributed by atoms with Crippen LogP contribution < -0.4 is 11.1 Å². The summed E-state index contributed by atoms with van der Waals surface area (Å²) in [6.45, 7) is 0.0410. The fraction of sp³-hybridized carbons (Fsp3) is 0.778. The molecule has 1 aliphatic heterocycles. The van der Waals surface area contributed by atoms with Crippen LogP contribution in [0.25, 0.3) is 0 Å². The van der Waals surface area contributed by atoms with Crippen LogP contribution in [0.2, 0.25) is 0 Å². The number of aliphatic hydroxyl groups is 1. The molecule has 0 aliphatic carbocycles. The van der Waals surface area contributed by atoms with E-state index in [1.54, 1.807) is 0 Å². The first-order valence-corrected chi connectivity index (χ1v) is 5.07. The lowest BCUT2D eigenvalue weighted by atomic mass is 10.0. The summed E-state index contributed by atoms with van der Waals surface area (Å²) in [6.07, 6.45) is -1.76. The number of carbonyl (C=O) groups is 2. The van der Waals surface area contributed by atoms with E-state index >= 15 is 0 Å². The Labute approximate surface area is 92.6 Å². The second-order valence-electron chi connectivity index (χ2n) is 3.72. The Balaban J connectivity index is 2.32. The average molecular weight is 232 g/mol. The molecule has 0 aromatic carbocycles. The van der Waals surface area contributed by atoms with Crippen molar-refractivity contribution in [3.63, 3.8) is 0 Å². The fourth-order valence-electron chi connectivity index (χ4n) is 1.51. The smallest absolute Gasteiger partial charge is 0.305 e. The van der Waals surface area contributed by atoms with Gasteiger partial charge in [-0.1, -0.05) is 0 Å². The average Bonchev–Trinajstić information content (AvgIpc) is 2.15. The Morgan fingerprint density at radius 3 is 2.69 bits per heavy atom. The maximum absolute atomic E-state index is 11.5. The van der Waals surface area contributed by atoms with Gasteiger partial charge in [-0.15, -0.1) is 0 Å². The number of aliphatic hydroxyl groups excluding tert-OH is 1. The monoisotopic (exact) mass is 232 g/mol.